The third-order valence-corrected chi connectivity index (χ3v) is 12.8. The number of esters is 2. The molecular formula is C39H45N4O10P. The van der Waals surface area contributed by atoms with Crippen LogP contribution in [0.3, 0.4) is 0 Å². The molecule has 3 aromatic carbocycles. The van der Waals surface area contributed by atoms with E-state index in [9.17, 15) is 28.8 Å². The molecule has 3 aromatic rings. The van der Waals surface area contributed by atoms with E-state index in [0.717, 1.165) is 5.56 Å². The number of benzene rings is 3. The summed E-state index contributed by atoms with van der Waals surface area (Å²) < 4.78 is 31.1. The Bertz CT molecular complexity index is 1790. The standard InChI is InChI=1S/C39H45N4O10P/c1-3-51-34(44)24-40-36(46)28-14-18-30(19-15-28)54(50,31-20-16-29(17-21-31)37(47)41-25-35(45)52-4-2)33-13-9-23-43(33)38(48)32-12-8-22-42(32)39(49)53-26-27-10-6-5-7-11-27/h5-7,10-11,14-21,32-33H,3-4,8-9,12-13,22-26H2,1-2H3,(H,40,46)(H,41,47)/t32-,33?/m0/s1. The van der Waals surface area contributed by atoms with Crippen LogP contribution in [-0.4, -0.2) is 96.8 Å². The van der Waals surface area contributed by atoms with Crippen molar-refractivity contribution in [2.45, 2.75) is 58.0 Å². The maximum Gasteiger partial charge on any atom is 0.410 e. The van der Waals surface area contributed by atoms with Crippen molar-refractivity contribution in [2.75, 3.05) is 39.4 Å². The predicted molar refractivity (Wildman–Crippen MR) is 199 cm³/mol. The van der Waals surface area contributed by atoms with Gasteiger partial charge in [-0.05, 0) is 69.4 Å². The molecule has 286 valence electrons. The minimum absolute atomic E-state index is 0.0618. The Morgan fingerprint density at radius 1 is 0.667 bits per heavy atom. The first-order valence-electron chi connectivity index (χ1n) is 18.0. The fraction of sp³-hybridized carbons (Fsp3) is 0.385. The van der Waals surface area contributed by atoms with Gasteiger partial charge in [-0.15, -0.1) is 0 Å². The summed E-state index contributed by atoms with van der Waals surface area (Å²) in [5.41, 5.74) is 1.26. The number of ether oxygens (including phenoxy) is 3. The van der Waals surface area contributed by atoms with Crippen LogP contribution >= 0.6 is 7.14 Å². The Hall–Kier alpha value is -5.49. The van der Waals surface area contributed by atoms with E-state index in [0.29, 0.717) is 49.4 Å². The zero-order valence-electron chi connectivity index (χ0n) is 30.4. The first-order chi connectivity index (χ1) is 26.1. The average molecular weight is 761 g/mol. The monoisotopic (exact) mass is 760 g/mol. The van der Waals surface area contributed by atoms with Crippen LogP contribution in [-0.2, 0) is 39.8 Å². The lowest BCUT2D eigenvalue weighted by molar-refractivity contribution is -0.142. The summed E-state index contributed by atoms with van der Waals surface area (Å²) in [5, 5.41) is 5.77. The molecular weight excluding hydrogens is 715 g/mol. The van der Waals surface area contributed by atoms with Crippen LogP contribution in [0.25, 0.3) is 0 Å². The van der Waals surface area contributed by atoms with Crippen LogP contribution in [0.2, 0.25) is 0 Å². The molecule has 5 rings (SSSR count). The van der Waals surface area contributed by atoms with Gasteiger partial charge in [0.1, 0.15) is 25.7 Å². The topological polar surface area (TPSA) is 178 Å². The summed E-state index contributed by atoms with van der Waals surface area (Å²) in [7, 11) is -3.74. The summed E-state index contributed by atoms with van der Waals surface area (Å²) in [4.78, 5) is 79.9. The number of carbonyl (C=O) groups is 6. The second kappa shape index (κ2) is 18.5. The second-order valence-electron chi connectivity index (χ2n) is 12.8. The lowest BCUT2D eigenvalue weighted by Crippen LogP contribution is -2.50. The number of hydrogen-bond acceptors (Lipinski definition) is 10. The first-order valence-corrected chi connectivity index (χ1v) is 19.8. The van der Waals surface area contributed by atoms with Crippen molar-refractivity contribution >= 4 is 53.5 Å². The van der Waals surface area contributed by atoms with Gasteiger partial charge in [-0.3, -0.25) is 28.9 Å². The molecule has 0 aromatic heterocycles. The molecule has 4 amide bonds. The maximum absolute atomic E-state index is 15.7. The number of likely N-dealkylation sites (tertiary alicyclic amines) is 2. The van der Waals surface area contributed by atoms with Gasteiger partial charge in [0.25, 0.3) is 11.8 Å². The summed E-state index contributed by atoms with van der Waals surface area (Å²) >= 11 is 0. The molecule has 2 atom stereocenters. The van der Waals surface area contributed by atoms with Gasteiger partial charge in [0, 0.05) is 34.8 Å². The Balaban J connectivity index is 1.41. The minimum atomic E-state index is -3.74. The van der Waals surface area contributed by atoms with Crippen molar-refractivity contribution in [3.05, 3.63) is 95.6 Å². The smallest absolute Gasteiger partial charge is 0.410 e. The maximum atomic E-state index is 15.7. The van der Waals surface area contributed by atoms with Gasteiger partial charge in [-0.2, -0.15) is 0 Å². The third kappa shape index (κ3) is 9.35. The van der Waals surface area contributed by atoms with E-state index in [2.05, 4.69) is 10.6 Å². The number of nitrogens with one attached hydrogen (secondary N) is 2. The van der Waals surface area contributed by atoms with E-state index in [1.807, 2.05) is 30.3 Å². The Morgan fingerprint density at radius 2 is 1.17 bits per heavy atom. The largest absolute Gasteiger partial charge is 0.465 e. The molecule has 2 aliphatic heterocycles. The van der Waals surface area contributed by atoms with E-state index >= 15 is 4.57 Å². The molecule has 0 bridgehead atoms. The van der Waals surface area contributed by atoms with Crippen molar-refractivity contribution in [1.29, 1.82) is 0 Å². The Morgan fingerprint density at radius 3 is 1.69 bits per heavy atom. The van der Waals surface area contributed by atoms with Crippen molar-refractivity contribution < 1.29 is 47.5 Å². The van der Waals surface area contributed by atoms with Gasteiger partial charge in [-0.1, -0.05) is 54.6 Å². The highest BCUT2D eigenvalue weighted by atomic mass is 31.2. The molecule has 2 heterocycles. The highest BCUT2D eigenvalue weighted by molar-refractivity contribution is 7.79. The molecule has 14 nitrogen and oxygen atoms in total. The van der Waals surface area contributed by atoms with Crippen LogP contribution in [0, 0.1) is 0 Å². The van der Waals surface area contributed by atoms with E-state index in [1.54, 1.807) is 43.0 Å². The zero-order valence-corrected chi connectivity index (χ0v) is 31.3. The molecule has 0 aliphatic carbocycles. The summed E-state index contributed by atoms with van der Waals surface area (Å²) in [6, 6.07) is 20.8. The lowest BCUT2D eigenvalue weighted by Gasteiger charge is -2.35. The average Bonchev–Trinajstić information content (AvgIpc) is 3.90. The summed E-state index contributed by atoms with van der Waals surface area (Å²) in [6.45, 7) is 3.77. The molecule has 2 N–H and O–H groups in total. The van der Waals surface area contributed by atoms with Crippen LogP contribution in [0.15, 0.2) is 78.9 Å². The SMILES string of the molecule is CCOC(=O)CNC(=O)c1ccc(P(=O)(c2ccc(C(=O)NCC(=O)OCC)cc2)C2CCCN2C(=O)[C@@H]2CCCN2C(=O)OCc2ccccc2)cc1. The van der Waals surface area contributed by atoms with E-state index < -0.39 is 48.8 Å². The lowest BCUT2D eigenvalue weighted by atomic mass is 10.2. The highest BCUT2D eigenvalue weighted by Crippen LogP contribution is 2.54. The third-order valence-electron chi connectivity index (χ3n) is 9.32. The number of amides is 4. The van der Waals surface area contributed by atoms with E-state index in [1.165, 1.54) is 29.2 Å². The van der Waals surface area contributed by atoms with Crippen LogP contribution < -0.4 is 21.2 Å². The molecule has 0 saturated carbocycles. The van der Waals surface area contributed by atoms with Gasteiger partial charge in [0.2, 0.25) is 5.91 Å². The minimum Gasteiger partial charge on any atom is -0.465 e. The number of carbonyl (C=O) groups excluding carboxylic acids is 6. The van der Waals surface area contributed by atoms with E-state index in [4.69, 9.17) is 14.2 Å². The van der Waals surface area contributed by atoms with Crippen molar-refractivity contribution in [3.8, 4) is 0 Å². The van der Waals surface area contributed by atoms with Crippen LogP contribution in [0.4, 0.5) is 4.79 Å². The Kier molecular flexibility index (Phi) is 13.6. The van der Waals surface area contributed by atoms with Crippen molar-refractivity contribution in [3.63, 3.8) is 0 Å². The molecule has 2 aliphatic rings. The van der Waals surface area contributed by atoms with Crippen molar-refractivity contribution in [2.24, 2.45) is 0 Å². The van der Waals surface area contributed by atoms with Gasteiger partial charge >= 0.3 is 18.0 Å². The molecule has 1 unspecified atom stereocenters. The van der Waals surface area contributed by atoms with E-state index in [-0.39, 0.29) is 49.9 Å². The normalized spacial score (nSPS) is 16.7. The number of hydrogen-bond donors (Lipinski definition) is 2. The summed E-state index contributed by atoms with van der Waals surface area (Å²) in [5.74, 6) is -3.33. The molecule has 54 heavy (non-hydrogen) atoms. The molecule has 0 radical (unpaired) electrons. The second-order valence-corrected chi connectivity index (χ2v) is 15.7. The molecule has 2 fully saturated rings. The van der Waals surface area contributed by atoms with Gasteiger partial charge in [0.15, 0.2) is 7.14 Å². The molecule has 2 saturated heterocycles. The quantitative estimate of drug-likeness (QED) is 0.141. The van der Waals surface area contributed by atoms with Crippen molar-refractivity contribution in [1.82, 2.24) is 20.4 Å². The number of nitrogens with zero attached hydrogens (tertiary/aromatic N) is 2. The zero-order chi connectivity index (χ0) is 38.7. The van der Waals surface area contributed by atoms with Gasteiger partial charge < -0.3 is 34.3 Å². The molecule has 15 heteroatoms. The Labute approximate surface area is 313 Å². The van der Waals surface area contributed by atoms with Crippen LogP contribution in [0.5, 0.6) is 0 Å². The van der Waals surface area contributed by atoms with Gasteiger partial charge in [0.05, 0.1) is 19.0 Å². The first kappa shape index (κ1) is 39.7. The highest BCUT2D eigenvalue weighted by Gasteiger charge is 2.48. The fourth-order valence-electron chi connectivity index (χ4n) is 6.71. The predicted octanol–water partition coefficient (Wildman–Crippen LogP) is 3.34. The van der Waals surface area contributed by atoms with Crippen LogP contribution in [0.1, 0.15) is 65.8 Å². The number of rotatable bonds is 14. The fourth-order valence-corrected chi connectivity index (χ4v) is 10.1. The van der Waals surface area contributed by atoms with Gasteiger partial charge in [-0.25, -0.2) is 4.79 Å². The summed E-state index contributed by atoms with van der Waals surface area (Å²) in [6.07, 6.45) is 1.40. The molecule has 0 spiro atoms.